The Balaban J connectivity index is 1.94. The number of halogens is 2. The largest absolute Gasteiger partial charge is 0.353 e. The lowest BCUT2D eigenvalue weighted by molar-refractivity contribution is -0.123. The third kappa shape index (κ3) is 5.21. The number of rotatable bonds is 4. The second-order valence-electron chi connectivity index (χ2n) is 9.36. The maximum atomic E-state index is 14.9. The molecule has 0 aromatic heterocycles. The molecule has 158 valence electrons. The lowest BCUT2D eigenvalue weighted by Crippen LogP contribution is -2.51. The molecule has 0 saturated carbocycles. The van der Waals surface area contributed by atoms with E-state index in [9.17, 15) is 14.4 Å². The Kier molecular flexibility index (Phi) is 6.70. The number of nitrogens with one attached hydrogen (secondary N) is 2. The van der Waals surface area contributed by atoms with Crippen LogP contribution in [0.5, 0.6) is 0 Å². The van der Waals surface area contributed by atoms with E-state index in [4.69, 9.17) is 11.6 Å². The number of nitriles is 1. The standard InChI is InChI=1S/C22H30ClFN4O/c1-22(2,3)12-20-14(13-25)10-19(21(29)27-16-6-8-26-9-7-16)28(20)18-5-4-15(23)11-17(18)24/h4-5,11,14,16,19-20,26H,6-10,12H2,1-3H3,(H,27,29). The van der Waals surface area contributed by atoms with E-state index in [-0.39, 0.29) is 29.3 Å². The molecule has 0 bridgehead atoms. The van der Waals surface area contributed by atoms with Crippen molar-refractivity contribution in [2.24, 2.45) is 11.3 Å². The third-order valence-electron chi connectivity index (χ3n) is 5.80. The van der Waals surface area contributed by atoms with E-state index in [0.717, 1.165) is 25.9 Å². The first-order valence-corrected chi connectivity index (χ1v) is 10.7. The summed E-state index contributed by atoms with van der Waals surface area (Å²) < 4.78 is 14.9. The topological polar surface area (TPSA) is 68.2 Å². The number of benzene rings is 1. The van der Waals surface area contributed by atoms with Crippen molar-refractivity contribution in [1.82, 2.24) is 10.6 Å². The van der Waals surface area contributed by atoms with Gasteiger partial charge in [0.05, 0.1) is 17.7 Å². The molecule has 0 spiro atoms. The summed E-state index contributed by atoms with van der Waals surface area (Å²) >= 11 is 5.95. The molecular weight excluding hydrogens is 391 g/mol. The molecule has 2 aliphatic rings. The van der Waals surface area contributed by atoms with Crippen molar-refractivity contribution in [2.75, 3.05) is 18.0 Å². The first-order valence-electron chi connectivity index (χ1n) is 10.3. The van der Waals surface area contributed by atoms with E-state index in [1.54, 1.807) is 12.1 Å². The van der Waals surface area contributed by atoms with Gasteiger partial charge in [-0.15, -0.1) is 0 Å². The van der Waals surface area contributed by atoms with Gasteiger partial charge in [-0.1, -0.05) is 32.4 Å². The molecule has 3 unspecified atom stereocenters. The zero-order valence-corrected chi connectivity index (χ0v) is 18.1. The van der Waals surface area contributed by atoms with Crippen LogP contribution in [0, 0.1) is 28.5 Å². The second kappa shape index (κ2) is 8.89. The zero-order valence-electron chi connectivity index (χ0n) is 17.3. The number of anilines is 1. The van der Waals surface area contributed by atoms with Crippen molar-refractivity contribution in [3.63, 3.8) is 0 Å². The third-order valence-corrected chi connectivity index (χ3v) is 6.03. The summed E-state index contributed by atoms with van der Waals surface area (Å²) in [6.45, 7) is 8.04. The number of carbonyl (C=O) groups excluding carboxylic acids is 1. The van der Waals surface area contributed by atoms with Crippen molar-refractivity contribution in [1.29, 1.82) is 5.26 Å². The van der Waals surface area contributed by atoms with E-state index in [0.29, 0.717) is 23.6 Å². The lowest BCUT2D eigenvalue weighted by atomic mass is 9.83. The molecule has 0 aliphatic carbocycles. The van der Waals surface area contributed by atoms with Crippen LogP contribution in [-0.4, -0.2) is 37.1 Å². The predicted octanol–water partition coefficient (Wildman–Crippen LogP) is 3.87. The van der Waals surface area contributed by atoms with Gasteiger partial charge in [-0.25, -0.2) is 4.39 Å². The molecule has 1 amide bonds. The summed E-state index contributed by atoms with van der Waals surface area (Å²) in [5.41, 5.74) is 0.272. The minimum Gasteiger partial charge on any atom is -0.353 e. The molecule has 1 aromatic carbocycles. The highest BCUT2D eigenvalue weighted by atomic mass is 35.5. The molecule has 1 aromatic rings. The van der Waals surface area contributed by atoms with Gasteiger partial charge in [0.25, 0.3) is 0 Å². The quantitative estimate of drug-likeness (QED) is 0.775. The number of carbonyl (C=O) groups is 1. The molecule has 2 heterocycles. The number of hydrogen-bond acceptors (Lipinski definition) is 4. The fourth-order valence-corrected chi connectivity index (χ4v) is 4.64. The van der Waals surface area contributed by atoms with Gasteiger partial charge in [0, 0.05) is 17.1 Å². The van der Waals surface area contributed by atoms with Crippen LogP contribution in [0.2, 0.25) is 5.02 Å². The highest BCUT2D eigenvalue weighted by molar-refractivity contribution is 6.30. The molecule has 2 N–H and O–H groups in total. The molecule has 3 atom stereocenters. The van der Waals surface area contributed by atoms with Crippen LogP contribution in [-0.2, 0) is 4.79 Å². The summed E-state index contributed by atoms with van der Waals surface area (Å²) in [7, 11) is 0. The Hall–Kier alpha value is -1.84. The van der Waals surface area contributed by atoms with Crippen LogP contribution in [0.3, 0.4) is 0 Å². The Morgan fingerprint density at radius 1 is 1.38 bits per heavy atom. The number of hydrogen-bond donors (Lipinski definition) is 2. The number of amides is 1. The van der Waals surface area contributed by atoms with Crippen LogP contribution in [0.15, 0.2) is 18.2 Å². The SMILES string of the molecule is CC(C)(C)CC1C(C#N)CC(C(=O)NC2CCNCC2)N1c1ccc(Cl)cc1F. The van der Waals surface area contributed by atoms with Gasteiger partial charge in [0.1, 0.15) is 11.9 Å². The first kappa shape index (κ1) is 21.9. The molecule has 2 saturated heterocycles. The minimum atomic E-state index is -0.572. The molecule has 0 radical (unpaired) electrons. The Morgan fingerprint density at radius 3 is 2.66 bits per heavy atom. The highest BCUT2D eigenvalue weighted by Gasteiger charge is 2.47. The van der Waals surface area contributed by atoms with Gasteiger partial charge in [0.2, 0.25) is 5.91 Å². The molecular formula is C22H30ClFN4O. The van der Waals surface area contributed by atoms with Crippen LogP contribution < -0.4 is 15.5 Å². The normalized spacial score (nSPS) is 25.7. The van der Waals surface area contributed by atoms with Gasteiger partial charge in [-0.05, 0) is 62.4 Å². The summed E-state index contributed by atoms with van der Waals surface area (Å²) in [6, 6.07) is 6.21. The predicted molar refractivity (Wildman–Crippen MR) is 113 cm³/mol. The van der Waals surface area contributed by atoms with Crippen LogP contribution in [0.4, 0.5) is 10.1 Å². The molecule has 5 nitrogen and oxygen atoms in total. The smallest absolute Gasteiger partial charge is 0.242 e. The van der Waals surface area contributed by atoms with Crippen molar-refractivity contribution >= 4 is 23.2 Å². The van der Waals surface area contributed by atoms with Gasteiger partial charge in [-0.3, -0.25) is 4.79 Å². The molecule has 29 heavy (non-hydrogen) atoms. The van der Waals surface area contributed by atoms with Crippen molar-refractivity contribution < 1.29 is 9.18 Å². The van der Waals surface area contributed by atoms with Crippen LogP contribution >= 0.6 is 11.6 Å². The monoisotopic (exact) mass is 420 g/mol. The van der Waals surface area contributed by atoms with Crippen LogP contribution in [0.25, 0.3) is 0 Å². The maximum Gasteiger partial charge on any atom is 0.242 e. The zero-order chi connectivity index (χ0) is 21.2. The van der Waals surface area contributed by atoms with E-state index < -0.39 is 11.9 Å². The summed E-state index contributed by atoms with van der Waals surface area (Å²) in [5.74, 6) is -0.925. The van der Waals surface area contributed by atoms with Crippen molar-refractivity contribution in [2.45, 2.75) is 64.6 Å². The average molecular weight is 421 g/mol. The van der Waals surface area contributed by atoms with Gasteiger partial charge >= 0.3 is 0 Å². The van der Waals surface area contributed by atoms with Gasteiger partial charge < -0.3 is 15.5 Å². The van der Waals surface area contributed by atoms with Crippen LogP contribution in [0.1, 0.15) is 46.5 Å². The second-order valence-corrected chi connectivity index (χ2v) is 9.79. The molecule has 2 fully saturated rings. The maximum absolute atomic E-state index is 14.9. The lowest BCUT2D eigenvalue weighted by Gasteiger charge is -2.36. The van der Waals surface area contributed by atoms with E-state index in [1.807, 2.05) is 4.90 Å². The molecule has 7 heteroatoms. The van der Waals surface area contributed by atoms with E-state index in [1.165, 1.54) is 6.07 Å². The average Bonchev–Trinajstić information content (AvgIpc) is 2.99. The number of piperidine rings is 1. The minimum absolute atomic E-state index is 0.0681. The fourth-order valence-electron chi connectivity index (χ4n) is 4.48. The van der Waals surface area contributed by atoms with E-state index >= 15 is 0 Å². The Labute approximate surface area is 177 Å². The highest BCUT2D eigenvalue weighted by Crippen LogP contribution is 2.41. The Morgan fingerprint density at radius 2 is 2.07 bits per heavy atom. The first-order chi connectivity index (χ1) is 13.7. The molecule has 2 aliphatic heterocycles. The molecule has 3 rings (SSSR count). The number of nitrogens with zero attached hydrogens (tertiary/aromatic N) is 2. The summed E-state index contributed by atoms with van der Waals surface area (Å²) in [6.07, 6.45) is 2.84. The Bertz CT molecular complexity index is 782. The van der Waals surface area contributed by atoms with Gasteiger partial charge in [0.15, 0.2) is 0 Å². The summed E-state index contributed by atoms with van der Waals surface area (Å²) in [4.78, 5) is 15.1. The van der Waals surface area contributed by atoms with Crippen molar-refractivity contribution in [3.8, 4) is 6.07 Å². The summed E-state index contributed by atoms with van der Waals surface area (Å²) in [5, 5.41) is 16.5. The fraction of sp³-hybridized carbons (Fsp3) is 0.636. The van der Waals surface area contributed by atoms with Crippen molar-refractivity contribution in [3.05, 3.63) is 29.0 Å². The van der Waals surface area contributed by atoms with E-state index in [2.05, 4.69) is 37.5 Å². The van der Waals surface area contributed by atoms with Gasteiger partial charge in [-0.2, -0.15) is 5.26 Å².